The quantitative estimate of drug-likeness (QED) is 0.783. The molecule has 0 amide bonds. The first-order chi connectivity index (χ1) is 6.83. The average Bonchev–Trinajstić information content (AvgIpc) is 2.71. The Hall–Kier alpha value is -0.410. The third kappa shape index (κ3) is 2.79. The lowest BCUT2D eigenvalue weighted by Crippen LogP contribution is -2.27. The van der Waals surface area contributed by atoms with E-state index in [4.69, 9.17) is 0 Å². The summed E-state index contributed by atoms with van der Waals surface area (Å²) >= 11 is 1.76. The lowest BCUT2D eigenvalue weighted by Gasteiger charge is -2.23. The molecule has 1 unspecified atom stereocenters. The summed E-state index contributed by atoms with van der Waals surface area (Å²) in [6.45, 7) is 7.68. The third-order valence-corrected chi connectivity index (χ3v) is 3.52. The molecule has 2 nitrogen and oxygen atoms in total. The van der Waals surface area contributed by atoms with Gasteiger partial charge in [-0.05, 0) is 12.5 Å². The van der Waals surface area contributed by atoms with Crippen LogP contribution >= 0.6 is 11.3 Å². The van der Waals surface area contributed by atoms with Gasteiger partial charge in [-0.15, -0.1) is 11.3 Å². The number of rotatable bonds is 6. The van der Waals surface area contributed by atoms with Gasteiger partial charge < -0.3 is 5.32 Å². The minimum atomic E-state index is 0.454. The zero-order valence-electron chi connectivity index (χ0n) is 9.29. The standard InChI is InChI=1S/C11H20N2S/c1-4-9(5-2)10(12-6-3)11-13-7-8-14-11/h7-10,12H,4-6H2,1-3H3. The number of hydrogen-bond acceptors (Lipinski definition) is 3. The van der Waals surface area contributed by atoms with Gasteiger partial charge in [-0.3, -0.25) is 0 Å². The Morgan fingerprint density at radius 3 is 2.50 bits per heavy atom. The summed E-state index contributed by atoms with van der Waals surface area (Å²) in [5.74, 6) is 0.709. The second-order valence-corrected chi connectivity index (χ2v) is 4.41. The van der Waals surface area contributed by atoms with Crippen molar-refractivity contribution in [2.45, 2.75) is 39.7 Å². The predicted octanol–water partition coefficient (Wildman–Crippen LogP) is 3.23. The Balaban J connectivity index is 2.72. The Bertz CT molecular complexity index is 229. The average molecular weight is 212 g/mol. The van der Waals surface area contributed by atoms with E-state index in [9.17, 15) is 0 Å². The van der Waals surface area contributed by atoms with Crippen LogP contribution in [-0.2, 0) is 0 Å². The molecule has 0 bridgehead atoms. The molecule has 0 spiro atoms. The molecule has 0 aromatic carbocycles. The van der Waals surface area contributed by atoms with Gasteiger partial charge in [0.15, 0.2) is 0 Å². The van der Waals surface area contributed by atoms with Crippen molar-refractivity contribution in [2.24, 2.45) is 5.92 Å². The zero-order valence-corrected chi connectivity index (χ0v) is 10.1. The molecule has 0 aliphatic carbocycles. The molecule has 1 atom stereocenters. The highest BCUT2D eigenvalue weighted by Crippen LogP contribution is 2.28. The molecule has 0 aliphatic heterocycles. The SMILES string of the molecule is CCNC(c1nccs1)C(CC)CC. The van der Waals surface area contributed by atoms with Gasteiger partial charge in [0, 0.05) is 11.6 Å². The van der Waals surface area contributed by atoms with Gasteiger partial charge >= 0.3 is 0 Å². The fourth-order valence-corrected chi connectivity index (χ4v) is 2.63. The molecule has 0 fully saturated rings. The smallest absolute Gasteiger partial charge is 0.110 e. The zero-order chi connectivity index (χ0) is 10.4. The van der Waals surface area contributed by atoms with Gasteiger partial charge in [-0.2, -0.15) is 0 Å². The first kappa shape index (κ1) is 11.7. The van der Waals surface area contributed by atoms with Crippen molar-refractivity contribution in [3.63, 3.8) is 0 Å². The number of thiazole rings is 1. The summed E-state index contributed by atoms with van der Waals surface area (Å²) in [7, 11) is 0. The highest BCUT2D eigenvalue weighted by Gasteiger charge is 2.21. The Morgan fingerprint density at radius 2 is 2.07 bits per heavy atom. The molecule has 0 saturated carbocycles. The molecule has 1 aromatic heterocycles. The van der Waals surface area contributed by atoms with Crippen LogP contribution in [0.3, 0.4) is 0 Å². The van der Waals surface area contributed by atoms with Gasteiger partial charge in [-0.1, -0.05) is 33.6 Å². The van der Waals surface area contributed by atoms with Crippen molar-refractivity contribution >= 4 is 11.3 Å². The maximum absolute atomic E-state index is 4.41. The molecule has 14 heavy (non-hydrogen) atoms. The van der Waals surface area contributed by atoms with Gasteiger partial charge in [0.25, 0.3) is 0 Å². The topological polar surface area (TPSA) is 24.9 Å². The summed E-state index contributed by atoms with van der Waals surface area (Å²) in [5.41, 5.74) is 0. The summed E-state index contributed by atoms with van der Waals surface area (Å²) in [6, 6.07) is 0.454. The minimum absolute atomic E-state index is 0.454. The maximum Gasteiger partial charge on any atom is 0.110 e. The number of aromatic nitrogens is 1. The normalized spacial score (nSPS) is 13.4. The van der Waals surface area contributed by atoms with Crippen LogP contribution in [0.1, 0.15) is 44.7 Å². The second kappa shape index (κ2) is 6.14. The van der Waals surface area contributed by atoms with Crippen molar-refractivity contribution in [3.05, 3.63) is 16.6 Å². The molecule has 1 rings (SSSR count). The maximum atomic E-state index is 4.41. The second-order valence-electron chi connectivity index (χ2n) is 3.48. The van der Waals surface area contributed by atoms with Crippen LogP contribution < -0.4 is 5.32 Å². The van der Waals surface area contributed by atoms with Crippen molar-refractivity contribution in [2.75, 3.05) is 6.54 Å². The molecule has 0 radical (unpaired) electrons. The van der Waals surface area contributed by atoms with E-state index < -0.39 is 0 Å². The van der Waals surface area contributed by atoms with Gasteiger partial charge in [-0.25, -0.2) is 4.98 Å². The first-order valence-corrected chi connectivity index (χ1v) is 6.34. The van der Waals surface area contributed by atoms with Crippen LogP contribution in [0.15, 0.2) is 11.6 Å². The molecular formula is C11H20N2S. The van der Waals surface area contributed by atoms with Crippen molar-refractivity contribution in [1.29, 1.82) is 0 Å². The van der Waals surface area contributed by atoms with Gasteiger partial charge in [0.1, 0.15) is 5.01 Å². The lowest BCUT2D eigenvalue weighted by atomic mass is 9.94. The van der Waals surface area contributed by atoms with Crippen molar-refractivity contribution in [1.82, 2.24) is 10.3 Å². The highest BCUT2D eigenvalue weighted by atomic mass is 32.1. The van der Waals surface area contributed by atoms with E-state index in [1.807, 2.05) is 6.20 Å². The van der Waals surface area contributed by atoms with Crippen LogP contribution in [0.2, 0.25) is 0 Å². The van der Waals surface area contributed by atoms with E-state index >= 15 is 0 Å². The van der Waals surface area contributed by atoms with Crippen LogP contribution in [0, 0.1) is 5.92 Å². The summed E-state index contributed by atoms with van der Waals surface area (Å²) in [4.78, 5) is 4.41. The van der Waals surface area contributed by atoms with Crippen LogP contribution in [0.5, 0.6) is 0 Å². The Kier molecular flexibility index (Phi) is 5.12. The largest absolute Gasteiger partial charge is 0.308 e. The molecular weight excluding hydrogens is 192 g/mol. The minimum Gasteiger partial charge on any atom is -0.308 e. The van der Waals surface area contributed by atoms with E-state index in [1.165, 1.54) is 17.8 Å². The number of nitrogens with zero attached hydrogens (tertiary/aromatic N) is 1. The fraction of sp³-hybridized carbons (Fsp3) is 0.727. The first-order valence-electron chi connectivity index (χ1n) is 5.46. The predicted molar refractivity (Wildman–Crippen MR) is 62.6 cm³/mol. The van der Waals surface area contributed by atoms with Crippen LogP contribution in [0.25, 0.3) is 0 Å². The molecule has 1 heterocycles. The van der Waals surface area contributed by atoms with Crippen LogP contribution in [-0.4, -0.2) is 11.5 Å². The molecule has 3 heteroatoms. The molecule has 80 valence electrons. The van der Waals surface area contributed by atoms with E-state index in [0.717, 1.165) is 6.54 Å². The fourth-order valence-electron chi connectivity index (χ4n) is 1.82. The van der Waals surface area contributed by atoms with Crippen molar-refractivity contribution < 1.29 is 0 Å². The van der Waals surface area contributed by atoms with E-state index in [1.54, 1.807) is 11.3 Å². The summed E-state index contributed by atoms with van der Waals surface area (Å²) < 4.78 is 0. The van der Waals surface area contributed by atoms with E-state index in [0.29, 0.717) is 12.0 Å². The molecule has 0 saturated heterocycles. The monoisotopic (exact) mass is 212 g/mol. The molecule has 0 aliphatic rings. The Labute approximate surface area is 90.8 Å². The third-order valence-electron chi connectivity index (χ3n) is 2.66. The van der Waals surface area contributed by atoms with E-state index in [-0.39, 0.29) is 0 Å². The van der Waals surface area contributed by atoms with Gasteiger partial charge in [0.2, 0.25) is 0 Å². The van der Waals surface area contributed by atoms with Crippen LogP contribution in [0.4, 0.5) is 0 Å². The number of hydrogen-bond donors (Lipinski definition) is 1. The summed E-state index contributed by atoms with van der Waals surface area (Å²) in [5, 5.41) is 6.83. The van der Waals surface area contributed by atoms with Crippen molar-refractivity contribution in [3.8, 4) is 0 Å². The lowest BCUT2D eigenvalue weighted by molar-refractivity contribution is 0.345. The molecule has 1 aromatic rings. The van der Waals surface area contributed by atoms with E-state index in [2.05, 4.69) is 36.5 Å². The highest BCUT2D eigenvalue weighted by molar-refractivity contribution is 7.09. The van der Waals surface area contributed by atoms with Gasteiger partial charge in [0.05, 0.1) is 6.04 Å². The Morgan fingerprint density at radius 1 is 1.36 bits per heavy atom. The summed E-state index contributed by atoms with van der Waals surface area (Å²) in [6.07, 6.45) is 4.33. The number of nitrogens with one attached hydrogen (secondary N) is 1. The molecule has 1 N–H and O–H groups in total.